The monoisotopic (exact) mass is 351 g/mol. The van der Waals surface area contributed by atoms with E-state index >= 15 is 0 Å². The first-order valence-electron chi connectivity index (χ1n) is 7.48. The Hall–Kier alpha value is -3.13. The number of nitrogens with zero attached hydrogens (tertiary/aromatic N) is 5. The predicted octanol–water partition coefficient (Wildman–Crippen LogP) is 4.24. The fourth-order valence-electron chi connectivity index (χ4n) is 2.49. The van der Waals surface area contributed by atoms with Crippen LogP contribution in [0.25, 0.3) is 20.4 Å². The molecule has 8 heteroatoms. The van der Waals surface area contributed by atoms with Gasteiger partial charge in [-0.2, -0.15) is 5.11 Å². The lowest BCUT2D eigenvalue weighted by molar-refractivity contribution is 0.373. The summed E-state index contributed by atoms with van der Waals surface area (Å²) in [5, 5.41) is 19.2. The zero-order valence-corrected chi connectivity index (χ0v) is 14.1. The number of ether oxygens (including phenoxy) is 1. The lowest BCUT2D eigenvalue weighted by atomic mass is 10.2. The Morgan fingerprint density at radius 3 is 2.96 bits per heavy atom. The summed E-state index contributed by atoms with van der Waals surface area (Å²) >= 11 is 1.50. The molecule has 0 amide bonds. The molecule has 0 aliphatic rings. The van der Waals surface area contributed by atoms with Gasteiger partial charge in [0.1, 0.15) is 15.9 Å². The molecule has 0 atom stereocenters. The maximum atomic E-state index is 9.81. The fourth-order valence-corrected chi connectivity index (χ4v) is 3.51. The number of phenols is 1. The Bertz CT molecular complexity index is 1090. The van der Waals surface area contributed by atoms with Crippen molar-refractivity contribution in [1.29, 1.82) is 0 Å². The minimum atomic E-state index is 0.0789. The van der Waals surface area contributed by atoms with E-state index in [1.165, 1.54) is 24.8 Å². The molecular weight excluding hydrogens is 338 g/mol. The third kappa shape index (κ3) is 2.87. The van der Waals surface area contributed by atoms with Crippen LogP contribution in [-0.4, -0.2) is 27.2 Å². The molecule has 0 unspecified atom stereocenters. The van der Waals surface area contributed by atoms with E-state index in [0.717, 1.165) is 26.0 Å². The van der Waals surface area contributed by atoms with E-state index in [2.05, 4.69) is 25.2 Å². The number of fused-ring (bicyclic) bond motifs is 3. The molecule has 0 spiro atoms. The third-order valence-electron chi connectivity index (χ3n) is 3.67. The van der Waals surface area contributed by atoms with Crippen molar-refractivity contribution in [3.8, 4) is 11.5 Å². The van der Waals surface area contributed by atoms with Crippen LogP contribution in [0.3, 0.4) is 0 Å². The number of hydrogen-bond acceptors (Lipinski definition) is 8. The van der Waals surface area contributed by atoms with Gasteiger partial charge in [0.25, 0.3) is 0 Å². The second-order valence-electron chi connectivity index (χ2n) is 5.24. The summed E-state index contributed by atoms with van der Waals surface area (Å²) in [6.07, 6.45) is 3.23. The van der Waals surface area contributed by atoms with Crippen LogP contribution < -0.4 is 4.74 Å². The summed E-state index contributed by atoms with van der Waals surface area (Å²) in [7, 11) is 1.51. The number of hydrogen-bond donors (Lipinski definition) is 1. The second kappa shape index (κ2) is 6.40. The summed E-state index contributed by atoms with van der Waals surface area (Å²) in [5.41, 5.74) is 1.66. The molecule has 0 saturated heterocycles. The molecule has 0 saturated carbocycles. The van der Waals surface area contributed by atoms with Crippen molar-refractivity contribution >= 4 is 37.6 Å². The topological polar surface area (TPSA) is 92.9 Å². The van der Waals surface area contributed by atoms with Crippen LogP contribution >= 0.6 is 11.3 Å². The molecule has 0 aliphatic heterocycles. The van der Waals surface area contributed by atoms with Crippen molar-refractivity contribution in [3.63, 3.8) is 0 Å². The molecule has 0 bridgehead atoms. The Kier molecular flexibility index (Phi) is 3.95. The summed E-state index contributed by atoms with van der Waals surface area (Å²) in [4.78, 5) is 13.8. The first-order valence-corrected chi connectivity index (χ1v) is 8.29. The van der Waals surface area contributed by atoms with Crippen molar-refractivity contribution in [3.05, 3.63) is 48.4 Å². The van der Waals surface area contributed by atoms with Gasteiger partial charge in [-0.1, -0.05) is 6.07 Å². The van der Waals surface area contributed by atoms with Gasteiger partial charge in [0.2, 0.25) is 0 Å². The lowest BCUT2D eigenvalue weighted by Crippen LogP contribution is -1.86. The molecular formula is C17H13N5O2S. The molecule has 0 fully saturated rings. The van der Waals surface area contributed by atoms with Crippen molar-refractivity contribution in [2.24, 2.45) is 10.2 Å². The van der Waals surface area contributed by atoms with Gasteiger partial charge in [-0.15, -0.1) is 16.5 Å². The van der Waals surface area contributed by atoms with Crippen LogP contribution in [0, 0.1) is 0 Å². The van der Waals surface area contributed by atoms with Crippen LogP contribution in [-0.2, 0) is 6.54 Å². The molecule has 4 rings (SSSR count). The number of methoxy groups -OCH3 is 1. The molecule has 4 aromatic rings. The minimum absolute atomic E-state index is 0.0789. The van der Waals surface area contributed by atoms with Crippen LogP contribution in [0.2, 0.25) is 0 Å². The van der Waals surface area contributed by atoms with E-state index in [0.29, 0.717) is 18.1 Å². The smallest absolute Gasteiger partial charge is 0.195 e. The van der Waals surface area contributed by atoms with E-state index < -0.39 is 0 Å². The lowest BCUT2D eigenvalue weighted by Gasteiger charge is -2.03. The first-order chi connectivity index (χ1) is 12.3. The molecule has 0 radical (unpaired) electrons. The van der Waals surface area contributed by atoms with Crippen LogP contribution in [0.1, 0.15) is 5.56 Å². The molecule has 1 aromatic carbocycles. The Morgan fingerprint density at radius 1 is 1.20 bits per heavy atom. The quantitative estimate of drug-likeness (QED) is 0.555. The maximum absolute atomic E-state index is 9.81. The van der Waals surface area contributed by atoms with Gasteiger partial charge in [0.15, 0.2) is 17.3 Å². The SMILES string of the molecule is COc1ccc(CN=Nc2ncnc3c2sc2ncccc23)cc1O. The maximum Gasteiger partial charge on any atom is 0.195 e. The van der Waals surface area contributed by atoms with Crippen LogP contribution in [0.15, 0.2) is 53.1 Å². The van der Waals surface area contributed by atoms with E-state index in [9.17, 15) is 5.11 Å². The average Bonchev–Trinajstić information content (AvgIpc) is 3.02. The molecule has 3 heterocycles. The van der Waals surface area contributed by atoms with Gasteiger partial charge in [-0.25, -0.2) is 15.0 Å². The minimum Gasteiger partial charge on any atom is -0.504 e. The zero-order chi connectivity index (χ0) is 17.2. The van der Waals surface area contributed by atoms with E-state index in [1.807, 2.05) is 18.2 Å². The Balaban J connectivity index is 1.64. The molecule has 0 aliphatic carbocycles. The molecule has 124 valence electrons. The zero-order valence-electron chi connectivity index (χ0n) is 13.2. The van der Waals surface area contributed by atoms with Crippen molar-refractivity contribution in [1.82, 2.24) is 15.0 Å². The van der Waals surface area contributed by atoms with Gasteiger partial charge < -0.3 is 9.84 Å². The predicted molar refractivity (Wildman–Crippen MR) is 95.6 cm³/mol. The van der Waals surface area contributed by atoms with Gasteiger partial charge in [-0.3, -0.25) is 0 Å². The van der Waals surface area contributed by atoms with Crippen LogP contribution in [0.4, 0.5) is 5.82 Å². The number of thiophene rings is 1. The largest absolute Gasteiger partial charge is 0.504 e. The summed E-state index contributed by atoms with van der Waals surface area (Å²) in [6.45, 7) is 0.326. The number of aromatic nitrogens is 3. The number of phenolic OH excluding ortho intramolecular Hbond substituents is 1. The molecule has 3 aromatic heterocycles. The van der Waals surface area contributed by atoms with E-state index in [1.54, 1.807) is 18.3 Å². The number of aromatic hydroxyl groups is 1. The fraction of sp³-hybridized carbons (Fsp3) is 0.118. The van der Waals surface area contributed by atoms with Gasteiger partial charge in [0, 0.05) is 11.6 Å². The Labute approximate surface area is 146 Å². The number of pyridine rings is 1. The molecule has 1 N–H and O–H groups in total. The number of benzene rings is 1. The van der Waals surface area contributed by atoms with Crippen molar-refractivity contribution in [2.75, 3.05) is 7.11 Å². The third-order valence-corrected chi connectivity index (χ3v) is 4.77. The molecule has 7 nitrogen and oxygen atoms in total. The summed E-state index contributed by atoms with van der Waals surface area (Å²) < 4.78 is 5.88. The van der Waals surface area contributed by atoms with Gasteiger partial charge in [0.05, 0.1) is 19.2 Å². The van der Waals surface area contributed by atoms with Crippen molar-refractivity contribution < 1.29 is 9.84 Å². The highest BCUT2D eigenvalue weighted by Crippen LogP contribution is 2.35. The highest BCUT2D eigenvalue weighted by molar-refractivity contribution is 7.25. The number of rotatable bonds is 4. The standard InChI is InChI=1S/C17H13N5O2S/c1-24-13-5-4-10(7-12(13)23)8-21-22-16-15-14(19-9-20-16)11-3-2-6-18-17(11)25-15/h2-7,9,23H,8H2,1H3. The number of azo groups is 1. The second-order valence-corrected chi connectivity index (χ2v) is 6.24. The van der Waals surface area contributed by atoms with E-state index in [-0.39, 0.29) is 5.75 Å². The van der Waals surface area contributed by atoms with Gasteiger partial charge in [-0.05, 0) is 29.8 Å². The van der Waals surface area contributed by atoms with Gasteiger partial charge >= 0.3 is 0 Å². The highest BCUT2D eigenvalue weighted by atomic mass is 32.1. The van der Waals surface area contributed by atoms with E-state index in [4.69, 9.17) is 4.74 Å². The van der Waals surface area contributed by atoms with Crippen molar-refractivity contribution in [2.45, 2.75) is 6.54 Å². The normalized spacial score (nSPS) is 11.6. The Morgan fingerprint density at radius 2 is 2.12 bits per heavy atom. The average molecular weight is 351 g/mol. The van der Waals surface area contributed by atoms with Crippen LogP contribution in [0.5, 0.6) is 11.5 Å². The molecule has 25 heavy (non-hydrogen) atoms. The summed E-state index contributed by atoms with van der Waals surface area (Å²) in [5.74, 6) is 1.02. The first kappa shape index (κ1) is 15.4. The highest BCUT2D eigenvalue weighted by Gasteiger charge is 2.11. The summed E-state index contributed by atoms with van der Waals surface area (Å²) in [6, 6.07) is 9.00.